The third-order valence-corrected chi connectivity index (χ3v) is 1.93. The molecule has 1 rings (SSSR count). The molecule has 0 saturated carbocycles. The Hall–Kier alpha value is -0.790. The number of allylic oxidation sites excluding steroid dienone is 2. The van der Waals surface area contributed by atoms with Gasteiger partial charge in [0.15, 0.2) is 5.78 Å². The van der Waals surface area contributed by atoms with Crippen LogP contribution in [-0.4, -0.2) is 11.8 Å². The normalized spacial score (nSPS) is 24.2. The van der Waals surface area contributed by atoms with E-state index in [1.54, 1.807) is 6.08 Å². The molecular formula is C10H17NO. The number of carbonyl (C=O) groups excluding carboxylic acids is 1. The standard InChI is InChI=1S/C10H17NO/c1-7(2)11-9-4-8(3)5-10(12)6-9/h6-8,11H,4-5H2,1-3H3/t8-/m0/s1. The third kappa shape index (κ3) is 2.68. The van der Waals surface area contributed by atoms with Gasteiger partial charge < -0.3 is 5.32 Å². The molecule has 0 aliphatic heterocycles. The van der Waals surface area contributed by atoms with Crippen LogP contribution in [-0.2, 0) is 4.79 Å². The summed E-state index contributed by atoms with van der Waals surface area (Å²) in [5.41, 5.74) is 1.11. The molecule has 0 aromatic carbocycles. The van der Waals surface area contributed by atoms with Crippen molar-refractivity contribution in [3.8, 4) is 0 Å². The molecule has 1 atom stereocenters. The van der Waals surface area contributed by atoms with Crippen molar-refractivity contribution in [3.05, 3.63) is 11.8 Å². The predicted octanol–water partition coefficient (Wildman–Crippen LogP) is 1.87. The van der Waals surface area contributed by atoms with Crippen LogP contribution in [0.25, 0.3) is 0 Å². The summed E-state index contributed by atoms with van der Waals surface area (Å²) in [5, 5.41) is 3.28. The summed E-state index contributed by atoms with van der Waals surface area (Å²) in [6, 6.07) is 0.425. The Morgan fingerprint density at radius 3 is 2.67 bits per heavy atom. The second-order valence-electron chi connectivity index (χ2n) is 3.95. The van der Waals surface area contributed by atoms with E-state index in [-0.39, 0.29) is 5.78 Å². The largest absolute Gasteiger partial charge is 0.386 e. The highest BCUT2D eigenvalue weighted by Crippen LogP contribution is 2.19. The molecule has 0 fully saturated rings. The lowest BCUT2D eigenvalue weighted by molar-refractivity contribution is -0.115. The number of nitrogens with one attached hydrogen (secondary N) is 1. The average Bonchev–Trinajstić information content (AvgIpc) is 1.81. The van der Waals surface area contributed by atoms with Gasteiger partial charge in [0.25, 0.3) is 0 Å². The van der Waals surface area contributed by atoms with E-state index in [0.717, 1.165) is 12.1 Å². The average molecular weight is 167 g/mol. The van der Waals surface area contributed by atoms with E-state index in [1.165, 1.54) is 0 Å². The van der Waals surface area contributed by atoms with Gasteiger partial charge in [0.2, 0.25) is 0 Å². The van der Waals surface area contributed by atoms with Crippen molar-refractivity contribution in [1.82, 2.24) is 5.32 Å². The van der Waals surface area contributed by atoms with E-state index in [1.807, 2.05) is 0 Å². The fourth-order valence-corrected chi connectivity index (χ4v) is 1.57. The van der Waals surface area contributed by atoms with Gasteiger partial charge in [-0.15, -0.1) is 0 Å². The van der Waals surface area contributed by atoms with Gasteiger partial charge in [-0.1, -0.05) is 6.92 Å². The van der Waals surface area contributed by atoms with E-state index in [4.69, 9.17) is 0 Å². The first-order chi connectivity index (χ1) is 5.58. The number of rotatable bonds is 2. The lowest BCUT2D eigenvalue weighted by Gasteiger charge is -2.21. The van der Waals surface area contributed by atoms with Gasteiger partial charge in [-0.25, -0.2) is 0 Å². The molecule has 0 bridgehead atoms. The summed E-state index contributed by atoms with van der Waals surface area (Å²) >= 11 is 0. The van der Waals surface area contributed by atoms with Crippen LogP contribution in [0.2, 0.25) is 0 Å². The molecule has 0 spiro atoms. The van der Waals surface area contributed by atoms with Crippen molar-refractivity contribution in [2.24, 2.45) is 5.92 Å². The summed E-state index contributed by atoms with van der Waals surface area (Å²) in [7, 11) is 0. The Kier molecular flexibility index (Phi) is 2.90. The van der Waals surface area contributed by atoms with Crippen LogP contribution in [0.5, 0.6) is 0 Å². The maximum absolute atomic E-state index is 11.1. The Labute approximate surface area is 74.0 Å². The van der Waals surface area contributed by atoms with Gasteiger partial charge in [0.1, 0.15) is 0 Å². The predicted molar refractivity (Wildman–Crippen MR) is 49.8 cm³/mol. The molecule has 1 aliphatic carbocycles. The molecule has 1 aliphatic rings. The zero-order valence-corrected chi connectivity index (χ0v) is 8.05. The molecule has 0 saturated heterocycles. The van der Waals surface area contributed by atoms with Gasteiger partial charge in [0.05, 0.1) is 0 Å². The molecular weight excluding hydrogens is 150 g/mol. The van der Waals surface area contributed by atoms with Crippen LogP contribution in [0.15, 0.2) is 11.8 Å². The second-order valence-corrected chi connectivity index (χ2v) is 3.95. The monoisotopic (exact) mass is 167 g/mol. The van der Waals surface area contributed by atoms with Gasteiger partial charge in [-0.05, 0) is 26.2 Å². The molecule has 2 heteroatoms. The highest BCUT2D eigenvalue weighted by molar-refractivity contribution is 5.91. The van der Waals surface area contributed by atoms with E-state index in [2.05, 4.69) is 26.1 Å². The van der Waals surface area contributed by atoms with Crippen LogP contribution < -0.4 is 5.32 Å². The van der Waals surface area contributed by atoms with Crippen LogP contribution in [0.1, 0.15) is 33.6 Å². The van der Waals surface area contributed by atoms with Crippen molar-refractivity contribution in [1.29, 1.82) is 0 Å². The van der Waals surface area contributed by atoms with Crippen molar-refractivity contribution < 1.29 is 4.79 Å². The Morgan fingerprint density at radius 2 is 2.17 bits per heavy atom. The van der Waals surface area contributed by atoms with E-state index < -0.39 is 0 Å². The SMILES string of the molecule is CC(C)NC1=CC(=O)C[C@@H](C)C1. The minimum Gasteiger partial charge on any atom is -0.386 e. The Balaban J connectivity index is 2.58. The topological polar surface area (TPSA) is 29.1 Å². The quantitative estimate of drug-likeness (QED) is 0.680. The first-order valence-electron chi connectivity index (χ1n) is 4.58. The molecule has 0 heterocycles. The molecule has 0 radical (unpaired) electrons. The molecule has 0 aromatic heterocycles. The van der Waals surface area contributed by atoms with Gasteiger partial charge >= 0.3 is 0 Å². The summed E-state index contributed by atoms with van der Waals surface area (Å²) in [5.74, 6) is 0.764. The zero-order valence-electron chi connectivity index (χ0n) is 8.05. The van der Waals surface area contributed by atoms with E-state index >= 15 is 0 Å². The fourth-order valence-electron chi connectivity index (χ4n) is 1.57. The number of carbonyl (C=O) groups is 1. The first kappa shape index (κ1) is 9.30. The second kappa shape index (κ2) is 3.74. The number of hydrogen-bond acceptors (Lipinski definition) is 2. The lowest BCUT2D eigenvalue weighted by atomic mass is 9.93. The van der Waals surface area contributed by atoms with E-state index in [0.29, 0.717) is 18.4 Å². The van der Waals surface area contributed by atoms with Crippen molar-refractivity contribution in [3.63, 3.8) is 0 Å². The van der Waals surface area contributed by atoms with Gasteiger partial charge in [-0.3, -0.25) is 4.79 Å². The van der Waals surface area contributed by atoms with Crippen molar-refractivity contribution in [2.45, 2.75) is 39.7 Å². The van der Waals surface area contributed by atoms with Gasteiger partial charge in [-0.2, -0.15) is 0 Å². The third-order valence-electron chi connectivity index (χ3n) is 1.93. The molecule has 0 amide bonds. The molecule has 68 valence electrons. The smallest absolute Gasteiger partial charge is 0.157 e. The summed E-state index contributed by atoms with van der Waals surface area (Å²) in [4.78, 5) is 11.1. The maximum Gasteiger partial charge on any atom is 0.157 e. The van der Waals surface area contributed by atoms with Crippen LogP contribution in [0.4, 0.5) is 0 Å². The zero-order chi connectivity index (χ0) is 9.14. The Morgan fingerprint density at radius 1 is 1.50 bits per heavy atom. The molecule has 2 nitrogen and oxygen atoms in total. The Bertz CT molecular complexity index is 206. The molecule has 0 unspecified atom stereocenters. The van der Waals surface area contributed by atoms with Crippen molar-refractivity contribution in [2.75, 3.05) is 0 Å². The summed E-state index contributed by atoms with van der Waals surface area (Å²) in [6.45, 7) is 6.29. The van der Waals surface area contributed by atoms with Crippen LogP contribution in [0, 0.1) is 5.92 Å². The molecule has 1 N–H and O–H groups in total. The maximum atomic E-state index is 11.1. The highest BCUT2D eigenvalue weighted by atomic mass is 16.1. The molecule has 12 heavy (non-hydrogen) atoms. The lowest BCUT2D eigenvalue weighted by Crippen LogP contribution is -2.26. The highest BCUT2D eigenvalue weighted by Gasteiger charge is 2.16. The van der Waals surface area contributed by atoms with Crippen LogP contribution in [0.3, 0.4) is 0 Å². The minimum atomic E-state index is 0.261. The first-order valence-corrected chi connectivity index (χ1v) is 4.58. The minimum absolute atomic E-state index is 0.261. The number of ketones is 1. The fraction of sp³-hybridized carbons (Fsp3) is 0.700. The number of hydrogen-bond donors (Lipinski definition) is 1. The van der Waals surface area contributed by atoms with Crippen LogP contribution >= 0.6 is 0 Å². The molecule has 0 aromatic rings. The van der Waals surface area contributed by atoms with Gasteiger partial charge in [0, 0.05) is 24.2 Å². The summed E-state index contributed by atoms with van der Waals surface area (Å²) in [6.07, 6.45) is 3.48. The summed E-state index contributed by atoms with van der Waals surface area (Å²) < 4.78 is 0. The van der Waals surface area contributed by atoms with Crippen molar-refractivity contribution >= 4 is 5.78 Å². The van der Waals surface area contributed by atoms with E-state index in [9.17, 15) is 4.79 Å².